The Kier molecular flexibility index (Phi) is 55.4. The average molecular weight is 1110 g/mol. The van der Waals surface area contributed by atoms with Gasteiger partial charge in [0.05, 0.1) is 33.8 Å². The second-order valence-corrected chi connectivity index (χ2v) is 24.3. The summed E-state index contributed by atoms with van der Waals surface area (Å²) in [5.41, 5.74) is 0. The lowest BCUT2D eigenvalue weighted by Crippen LogP contribution is -2.47. The molecule has 0 heterocycles. The quantitative estimate of drug-likeness (QED) is 0.0212. The largest absolute Gasteiger partial charge is 0.756 e. The molecule has 3 atom stereocenters. The van der Waals surface area contributed by atoms with Crippen LogP contribution in [0.2, 0.25) is 0 Å². The number of likely N-dealkylation sites (N-methyl/N-ethyl adjacent to an activating group) is 1. The molecular formula is C68H123N2O7P. The number of carbonyl (C=O) groups is 2. The van der Waals surface area contributed by atoms with Gasteiger partial charge in [0.2, 0.25) is 5.91 Å². The van der Waals surface area contributed by atoms with E-state index in [1.807, 2.05) is 33.3 Å². The van der Waals surface area contributed by atoms with E-state index in [-0.39, 0.29) is 24.9 Å². The van der Waals surface area contributed by atoms with Crippen LogP contribution in [-0.4, -0.2) is 69.4 Å². The fraction of sp³-hybridized carbons (Fsp3) is 0.765. The Balaban J connectivity index is 5.25. The minimum Gasteiger partial charge on any atom is -0.756 e. The molecule has 3 unspecified atom stereocenters. The normalized spacial score (nSPS) is 14.2. The van der Waals surface area contributed by atoms with Crippen LogP contribution in [0.1, 0.15) is 284 Å². The topological polar surface area (TPSA) is 114 Å². The first-order valence-electron chi connectivity index (χ1n) is 32.4. The van der Waals surface area contributed by atoms with Crippen LogP contribution in [0.3, 0.4) is 0 Å². The molecule has 0 rings (SSSR count). The standard InChI is InChI=1S/C68H123N2O7P/c1-7-10-13-16-19-22-25-28-30-32-34-35-37-38-40-42-45-48-51-54-57-60-67(71)69-65(64-76-78(73,74)75-63-62-70(4,5)6)66(59-56-53-50-47-44-27-24-21-18-15-12-9-3)77-68(72)61-58-55-52-49-46-43-41-39-36-33-31-29-26-23-20-17-14-11-8-2/h11,14,20,23,28-31,36,39,43,46,56,59,65-66H,7-10,12-13,15-19,21-22,24-27,32-35,37-38,40-42,44-45,47-55,57-58,60-64H2,1-6H3,(H-,69,71,73,74)/b14-11-,23-20-,30-28+,31-29-,39-36-,46-43-,59-56+. The van der Waals surface area contributed by atoms with E-state index in [0.29, 0.717) is 23.9 Å². The molecule has 0 fully saturated rings. The number of allylic oxidation sites excluding steroid dienone is 13. The number of nitrogens with one attached hydrogen (secondary N) is 1. The van der Waals surface area contributed by atoms with E-state index in [1.165, 1.54) is 154 Å². The highest BCUT2D eigenvalue weighted by Crippen LogP contribution is 2.38. The van der Waals surface area contributed by atoms with Crippen molar-refractivity contribution in [3.8, 4) is 0 Å². The molecule has 0 aliphatic heterocycles. The summed E-state index contributed by atoms with van der Waals surface area (Å²) >= 11 is 0. The van der Waals surface area contributed by atoms with Crippen LogP contribution >= 0.6 is 7.82 Å². The molecule has 0 spiro atoms. The van der Waals surface area contributed by atoms with Gasteiger partial charge in [-0.1, -0.05) is 254 Å². The summed E-state index contributed by atoms with van der Waals surface area (Å²) in [5, 5.41) is 3.03. The van der Waals surface area contributed by atoms with Crippen molar-refractivity contribution in [1.29, 1.82) is 0 Å². The highest BCUT2D eigenvalue weighted by atomic mass is 31.2. The molecule has 1 N–H and O–H groups in total. The molecule has 9 nitrogen and oxygen atoms in total. The van der Waals surface area contributed by atoms with Gasteiger partial charge in [0, 0.05) is 12.8 Å². The number of unbranched alkanes of at least 4 members (excludes halogenated alkanes) is 30. The van der Waals surface area contributed by atoms with E-state index in [4.69, 9.17) is 13.8 Å². The number of hydrogen-bond donors (Lipinski definition) is 1. The highest BCUT2D eigenvalue weighted by molar-refractivity contribution is 7.45. The summed E-state index contributed by atoms with van der Waals surface area (Å²) in [6.07, 6.45) is 75.5. The lowest BCUT2D eigenvalue weighted by molar-refractivity contribution is -0.870. The van der Waals surface area contributed by atoms with Gasteiger partial charge in [0.1, 0.15) is 19.3 Å². The molecular weight excluding hydrogens is 988 g/mol. The number of carbonyl (C=O) groups excluding carboxylic acids is 2. The molecule has 0 aliphatic rings. The fourth-order valence-electron chi connectivity index (χ4n) is 9.07. The van der Waals surface area contributed by atoms with Crippen molar-refractivity contribution in [2.75, 3.05) is 40.9 Å². The third-order valence-electron chi connectivity index (χ3n) is 14.1. The molecule has 0 aliphatic carbocycles. The van der Waals surface area contributed by atoms with Crippen molar-refractivity contribution in [2.24, 2.45) is 0 Å². The van der Waals surface area contributed by atoms with E-state index in [1.54, 1.807) is 0 Å². The molecule has 0 radical (unpaired) electrons. The molecule has 0 bridgehead atoms. The van der Waals surface area contributed by atoms with Crippen LogP contribution in [0.25, 0.3) is 0 Å². The minimum absolute atomic E-state index is 0.0307. The Morgan fingerprint density at radius 3 is 1.26 bits per heavy atom. The van der Waals surface area contributed by atoms with Gasteiger partial charge in [0.25, 0.3) is 7.82 Å². The van der Waals surface area contributed by atoms with Gasteiger partial charge in [-0.15, -0.1) is 0 Å². The number of nitrogens with zero attached hydrogens (tertiary/aromatic N) is 1. The monoisotopic (exact) mass is 1110 g/mol. The maximum Gasteiger partial charge on any atom is 0.306 e. The van der Waals surface area contributed by atoms with Crippen molar-refractivity contribution in [3.05, 3.63) is 85.1 Å². The molecule has 0 aromatic carbocycles. The third kappa shape index (κ3) is 57.9. The van der Waals surface area contributed by atoms with E-state index in [2.05, 4.69) is 99.0 Å². The summed E-state index contributed by atoms with van der Waals surface area (Å²) in [4.78, 5) is 40.0. The van der Waals surface area contributed by atoms with Crippen LogP contribution in [-0.2, 0) is 27.9 Å². The van der Waals surface area contributed by atoms with Crippen LogP contribution in [0.5, 0.6) is 0 Å². The lowest BCUT2D eigenvalue weighted by Gasteiger charge is -2.30. The zero-order valence-electron chi connectivity index (χ0n) is 51.6. The van der Waals surface area contributed by atoms with E-state index in [9.17, 15) is 19.0 Å². The fourth-order valence-corrected chi connectivity index (χ4v) is 9.80. The maximum atomic E-state index is 13.6. The molecule has 10 heteroatoms. The number of amides is 1. The second kappa shape index (κ2) is 57.4. The van der Waals surface area contributed by atoms with Crippen LogP contribution in [0.4, 0.5) is 0 Å². The first-order valence-corrected chi connectivity index (χ1v) is 33.9. The second-order valence-electron chi connectivity index (χ2n) is 22.9. The molecule has 0 aromatic heterocycles. The summed E-state index contributed by atoms with van der Waals surface area (Å²) in [5.74, 6) is -0.577. The number of phosphoric ester groups is 1. The van der Waals surface area contributed by atoms with Crippen LogP contribution in [0.15, 0.2) is 85.1 Å². The van der Waals surface area contributed by atoms with E-state index < -0.39 is 26.6 Å². The number of phosphoric acid groups is 1. The highest BCUT2D eigenvalue weighted by Gasteiger charge is 2.27. The average Bonchev–Trinajstić information content (AvgIpc) is 3.40. The molecule has 1 amide bonds. The number of esters is 1. The Labute approximate surface area is 482 Å². The van der Waals surface area contributed by atoms with Crippen molar-refractivity contribution in [2.45, 2.75) is 296 Å². The van der Waals surface area contributed by atoms with Crippen LogP contribution in [0, 0.1) is 0 Å². The van der Waals surface area contributed by atoms with Crippen LogP contribution < -0.4 is 10.2 Å². The van der Waals surface area contributed by atoms with Crippen molar-refractivity contribution >= 4 is 19.7 Å². The van der Waals surface area contributed by atoms with Gasteiger partial charge < -0.3 is 28.5 Å². The van der Waals surface area contributed by atoms with Crippen molar-refractivity contribution < 1.29 is 37.3 Å². The number of quaternary nitrogens is 1. The number of rotatable bonds is 58. The summed E-state index contributed by atoms with van der Waals surface area (Å²) in [6.45, 7) is 6.71. The molecule has 78 heavy (non-hydrogen) atoms. The zero-order chi connectivity index (χ0) is 57.2. The number of ether oxygens (including phenoxy) is 1. The Morgan fingerprint density at radius 1 is 0.462 bits per heavy atom. The smallest absolute Gasteiger partial charge is 0.306 e. The van der Waals surface area contributed by atoms with Gasteiger partial charge in [-0.25, -0.2) is 0 Å². The Hall–Kier alpha value is -2.81. The SMILES string of the molecule is CC/C=C\C/C=C\C/C=C\C/C=C\C/C=C\CCCCCC(=O)OC(/C=C/CCCCCCCCCCCC)C(COP(=O)([O-])OCC[N+](C)(C)C)NC(=O)CCCCCCCCCCCCC/C=C/CCCCCCCC. The van der Waals surface area contributed by atoms with Gasteiger partial charge >= 0.3 is 5.97 Å². The van der Waals surface area contributed by atoms with Crippen molar-refractivity contribution in [1.82, 2.24) is 5.32 Å². The van der Waals surface area contributed by atoms with Crippen molar-refractivity contribution in [3.63, 3.8) is 0 Å². The van der Waals surface area contributed by atoms with E-state index in [0.717, 1.165) is 89.9 Å². The van der Waals surface area contributed by atoms with Gasteiger partial charge in [0.15, 0.2) is 0 Å². The van der Waals surface area contributed by atoms with Gasteiger partial charge in [-0.05, 0) is 102 Å². The first-order chi connectivity index (χ1) is 37.9. The molecule has 0 saturated carbocycles. The maximum absolute atomic E-state index is 13.6. The third-order valence-corrected chi connectivity index (χ3v) is 15.0. The first kappa shape index (κ1) is 75.2. The Morgan fingerprint density at radius 2 is 0.821 bits per heavy atom. The van der Waals surface area contributed by atoms with E-state index >= 15 is 0 Å². The zero-order valence-corrected chi connectivity index (χ0v) is 52.5. The number of hydrogen-bond acceptors (Lipinski definition) is 7. The predicted molar refractivity (Wildman–Crippen MR) is 335 cm³/mol. The minimum atomic E-state index is -4.71. The van der Waals surface area contributed by atoms with Gasteiger partial charge in [-0.3, -0.25) is 14.2 Å². The summed E-state index contributed by atoms with van der Waals surface area (Å²) in [6, 6.07) is -0.906. The molecule has 0 saturated heterocycles. The Bertz CT molecular complexity index is 1610. The summed E-state index contributed by atoms with van der Waals surface area (Å²) < 4.78 is 30.3. The van der Waals surface area contributed by atoms with Gasteiger partial charge in [-0.2, -0.15) is 0 Å². The predicted octanol–water partition coefficient (Wildman–Crippen LogP) is 19.5. The summed E-state index contributed by atoms with van der Waals surface area (Å²) in [7, 11) is 1.16. The molecule has 452 valence electrons. The molecule has 0 aromatic rings. The lowest BCUT2D eigenvalue weighted by atomic mass is 10.0.